The highest BCUT2D eigenvalue weighted by Crippen LogP contribution is 2.34. The molecule has 0 aliphatic carbocycles. The molecule has 0 saturated carbocycles. The van der Waals surface area contributed by atoms with Crippen molar-refractivity contribution in [2.75, 3.05) is 180 Å². The third kappa shape index (κ3) is 22.3. The minimum absolute atomic E-state index is 0.0583. The summed E-state index contributed by atoms with van der Waals surface area (Å²) < 4.78 is 28.2. The Bertz CT molecular complexity index is 2050. The van der Waals surface area contributed by atoms with Crippen molar-refractivity contribution in [3.05, 3.63) is 101 Å². The van der Waals surface area contributed by atoms with E-state index in [0.29, 0.717) is 0 Å². The third-order valence-electron chi connectivity index (χ3n) is 12.7. The first-order chi connectivity index (χ1) is 34.8. The van der Waals surface area contributed by atoms with Gasteiger partial charge in [-0.2, -0.15) is 0 Å². The first kappa shape index (κ1) is 60.0. The number of benzene rings is 3. The van der Waals surface area contributed by atoms with Crippen molar-refractivity contribution >= 4 is 57.3 Å². The number of nitrogens with zero attached hydrogens (tertiary/aromatic N) is 9. The van der Waals surface area contributed by atoms with Gasteiger partial charge in [-0.3, -0.25) is 45.0 Å². The van der Waals surface area contributed by atoms with Gasteiger partial charge in [0.2, 0.25) is 0 Å². The SMILES string of the molecule is C1CCNCC1.CN(CCN1CCOCC1)c1ccc([N+](=O)[O-])c(Cl)c1.CN(CCN1CCOCC1)c1ccc([N+](=O)[O-])c(N2CCCCC2)c1.CNCCN1CCOCC1.O=[N+]([O-])c1ccc(F)cc1Cl. The summed E-state index contributed by atoms with van der Waals surface area (Å²) in [7, 11) is 6.00. The Balaban J connectivity index is 0.000000212. The number of hydrogen-bond donors (Lipinski definition) is 2. The summed E-state index contributed by atoms with van der Waals surface area (Å²) in [5, 5.41) is 38.7. The highest BCUT2D eigenvalue weighted by Gasteiger charge is 2.23. The molecule has 5 fully saturated rings. The number of nitro groups is 3. The lowest BCUT2D eigenvalue weighted by Crippen LogP contribution is -2.40. The number of morpholine rings is 3. The molecule has 0 amide bonds. The molecule has 72 heavy (non-hydrogen) atoms. The number of anilines is 3. The monoisotopic (exact) mass is 1050 g/mol. The average molecular weight is 1050 g/mol. The number of likely N-dealkylation sites (N-methyl/N-ethyl adjacent to an activating group) is 3. The van der Waals surface area contributed by atoms with Crippen molar-refractivity contribution in [1.82, 2.24) is 25.3 Å². The number of nitro benzene ring substituents is 3. The fourth-order valence-corrected chi connectivity index (χ4v) is 8.67. The van der Waals surface area contributed by atoms with Crippen molar-refractivity contribution in [3.63, 3.8) is 0 Å². The van der Waals surface area contributed by atoms with Crippen molar-refractivity contribution < 1.29 is 33.4 Å². The molecule has 8 rings (SSSR count). The van der Waals surface area contributed by atoms with Gasteiger partial charge in [0.1, 0.15) is 21.5 Å². The summed E-state index contributed by atoms with van der Waals surface area (Å²) in [4.78, 5) is 44.4. The summed E-state index contributed by atoms with van der Waals surface area (Å²) in [6.07, 6.45) is 7.64. The maximum atomic E-state index is 12.3. The van der Waals surface area contributed by atoms with Crippen LogP contribution in [0, 0.1) is 36.2 Å². The predicted octanol–water partition coefficient (Wildman–Crippen LogP) is 7.06. The van der Waals surface area contributed by atoms with Gasteiger partial charge in [0, 0.05) is 135 Å². The van der Waals surface area contributed by atoms with Gasteiger partial charge in [0.05, 0.1) is 54.4 Å². The summed E-state index contributed by atoms with van der Waals surface area (Å²) in [5.74, 6) is -0.583. The van der Waals surface area contributed by atoms with E-state index >= 15 is 0 Å². The average Bonchev–Trinajstić information content (AvgIpc) is 3.40. The van der Waals surface area contributed by atoms with E-state index < -0.39 is 15.7 Å². The highest BCUT2D eigenvalue weighted by molar-refractivity contribution is 6.33. The zero-order valence-corrected chi connectivity index (χ0v) is 43.8. The second-order valence-corrected chi connectivity index (χ2v) is 18.7. The van der Waals surface area contributed by atoms with Crippen molar-refractivity contribution in [2.45, 2.75) is 38.5 Å². The second kappa shape index (κ2) is 34.0. The van der Waals surface area contributed by atoms with E-state index in [1.807, 2.05) is 31.1 Å². The molecule has 0 spiro atoms. The number of piperidine rings is 2. The fraction of sp³-hybridized carbons (Fsp3) is 0.633. The summed E-state index contributed by atoms with van der Waals surface area (Å²) in [5.41, 5.74) is 2.56. The van der Waals surface area contributed by atoms with Crippen LogP contribution in [0.4, 0.5) is 38.5 Å². The second-order valence-electron chi connectivity index (χ2n) is 17.8. The van der Waals surface area contributed by atoms with Crippen LogP contribution in [-0.4, -0.2) is 195 Å². The van der Waals surface area contributed by atoms with Crippen LogP contribution >= 0.6 is 23.2 Å². The van der Waals surface area contributed by atoms with Gasteiger partial charge in [-0.1, -0.05) is 29.6 Å². The number of halogens is 3. The Labute approximate surface area is 434 Å². The van der Waals surface area contributed by atoms with E-state index in [-0.39, 0.29) is 32.0 Å². The lowest BCUT2D eigenvalue weighted by atomic mass is 10.1. The third-order valence-corrected chi connectivity index (χ3v) is 13.3. The largest absolute Gasteiger partial charge is 0.379 e. The molecule has 5 aliphatic rings. The van der Waals surface area contributed by atoms with Gasteiger partial charge in [-0.15, -0.1) is 0 Å². The normalized spacial score (nSPS) is 17.5. The molecule has 5 heterocycles. The molecule has 20 nitrogen and oxygen atoms in total. The van der Waals surface area contributed by atoms with Crippen LogP contribution in [0.2, 0.25) is 10.0 Å². The predicted molar refractivity (Wildman–Crippen MR) is 284 cm³/mol. The standard InChI is InChI=1S/C18H28N4O3.C13H18ClN3O3.C7H16N2O.C6H3ClFNO2.C5H11N/c1-19(9-10-20-11-13-25-14-12-20)16-5-6-17(22(23)24)18(15-16)21-7-3-2-4-8-21;1-15(4-5-16-6-8-20-9-7-16)11-2-3-13(17(18)19)12(14)10-11;1-8-2-3-9-4-6-10-7-5-9;7-5-3-4(8)1-2-6(5)9(10)11;1-2-4-6-5-3-1/h5-6,15H,2-4,7-14H2,1H3;2-3,10H,4-9H2,1H3;8H,2-7H2,1H3;1-3H;6H,1-5H2. The zero-order chi connectivity index (χ0) is 52.1. The maximum absolute atomic E-state index is 12.3. The first-order valence-electron chi connectivity index (χ1n) is 25.0. The Morgan fingerprint density at radius 3 is 1.40 bits per heavy atom. The van der Waals surface area contributed by atoms with Crippen LogP contribution in [0.3, 0.4) is 0 Å². The van der Waals surface area contributed by atoms with E-state index in [4.69, 9.17) is 37.4 Å². The molecule has 23 heteroatoms. The van der Waals surface area contributed by atoms with E-state index in [2.05, 4.69) is 42.2 Å². The molecule has 2 N–H and O–H groups in total. The zero-order valence-electron chi connectivity index (χ0n) is 42.3. The van der Waals surface area contributed by atoms with E-state index in [0.717, 1.165) is 179 Å². The van der Waals surface area contributed by atoms with Crippen LogP contribution in [0.15, 0.2) is 54.6 Å². The Kier molecular flexibility index (Phi) is 28.4. The van der Waals surface area contributed by atoms with Gasteiger partial charge in [0.15, 0.2) is 0 Å². The van der Waals surface area contributed by atoms with E-state index in [1.165, 1.54) is 44.8 Å². The number of ether oxygens (including phenoxy) is 3. The molecule has 0 aromatic heterocycles. The van der Waals surface area contributed by atoms with Gasteiger partial charge in [-0.25, -0.2) is 4.39 Å². The molecule has 402 valence electrons. The molecular formula is C49H76Cl2FN11O9. The van der Waals surface area contributed by atoms with Gasteiger partial charge < -0.3 is 39.5 Å². The van der Waals surface area contributed by atoms with Crippen molar-refractivity contribution in [3.8, 4) is 0 Å². The molecule has 3 aromatic carbocycles. The highest BCUT2D eigenvalue weighted by atomic mass is 35.5. The topological polar surface area (TPSA) is 201 Å². The Morgan fingerprint density at radius 2 is 1.00 bits per heavy atom. The van der Waals surface area contributed by atoms with Crippen molar-refractivity contribution in [2.24, 2.45) is 0 Å². The lowest BCUT2D eigenvalue weighted by Gasteiger charge is -2.31. The molecule has 5 aliphatic heterocycles. The fourth-order valence-electron chi connectivity index (χ4n) is 8.19. The van der Waals surface area contributed by atoms with Crippen LogP contribution in [0.1, 0.15) is 38.5 Å². The maximum Gasteiger partial charge on any atom is 0.292 e. The minimum Gasteiger partial charge on any atom is -0.379 e. The van der Waals surface area contributed by atoms with Crippen LogP contribution in [0.25, 0.3) is 0 Å². The number of hydrogen-bond acceptors (Lipinski definition) is 17. The van der Waals surface area contributed by atoms with Crippen molar-refractivity contribution in [1.29, 1.82) is 0 Å². The molecule has 0 bridgehead atoms. The van der Waals surface area contributed by atoms with Crippen LogP contribution in [0.5, 0.6) is 0 Å². The Hall–Kier alpha value is -4.55. The van der Waals surface area contributed by atoms with Gasteiger partial charge >= 0.3 is 0 Å². The van der Waals surface area contributed by atoms with Crippen LogP contribution < -0.4 is 25.3 Å². The van der Waals surface area contributed by atoms with Gasteiger partial charge in [-0.05, 0) is 88.6 Å². The summed E-state index contributed by atoms with van der Waals surface area (Å²) >= 11 is 11.3. The summed E-state index contributed by atoms with van der Waals surface area (Å²) in [6.45, 7) is 21.3. The number of rotatable bonds is 15. The minimum atomic E-state index is -0.665. The number of nitrogens with one attached hydrogen (secondary N) is 2. The molecule has 0 unspecified atom stereocenters. The molecule has 0 atom stereocenters. The van der Waals surface area contributed by atoms with E-state index in [9.17, 15) is 34.7 Å². The Morgan fingerprint density at radius 1 is 0.583 bits per heavy atom. The van der Waals surface area contributed by atoms with Gasteiger partial charge in [0.25, 0.3) is 17.1 Å². The lowest BCUT2D eigenvalue weighted by molar-refractivity contribution is -0.384. The molecule has 5 saturated heterocycles. The quantitative estimate of drug-likeness (QED) is 0.116. The van der Waals surface area contributed by atoms with Crippen LogP contribution in [-0.2, 0) is 14.2 Å². The summed E-state index contributed by atoms with van der Waals surface area (Å²) in [6, 6.07) is 13.2. The molecule has 3 aromatic rings. The van der Waals surface area contributed by atoms with E-state index in [1.54, 1.807) is 18.2 Å². The smallest absolute Gasteiger partial charge is 0.292 e. The first-order valence-corrected chi connectivity index (χ1v) is 25.8. The molecule has 0 radical (unpaired) electrons. The molecular weight excluding hydrogens is 977 g/mol.